The van der Waals surface area contributed by atoms with Gasteiger partial charge in [0.2, 0.25) is 17.6 Å². The molecule has 0 saturated carbocycles. The molecule has 0 fully saturated rings. The van der Waals surface area contributed by atoms with Crippen molar-refractivity contribution in [2.45, 2.75) is 25.3 Å². The first-order valence-corrected chi connectivity index (χ1v) is 10.2. The van der Waals surface area contributed by atoms with Gasteiger partial charge in [0.05, 0.1) is 6.04 Å². The highest BCUT2D eigenvalue weighted by Gasteiger charge is 2.17. The maximum atomic E-state index is 12.6. The topological polar surface area (TPSA) is 93.8 Å². The molecule has 1 amide bonds. The van der Waals surface area contributed by atoms with Crippen molar-refractivity contribution in [3.8, 4) is 11.4 Å². The summed E-state index contributed by atoms with van der Waals surface area (Å²) in [5.74, 6) is 0.823. The molecule has 0 aromatic carbocycles. The summed E-state index contributed by atoms with van der Waals surface area (Å²) in [6.07, 6.45) is 8.21. The van der Waals surface area contributed by atoms with Crippen LogP contribution in [0.25, 0.3) is 11.4 Å². The Hall–Kier alpha value is -3.39. The molecule has 146 valence electrons. The molecule has 0 aliphatic carbocycles. The van der Waals surface area contributed by atoms with Crippen molar-refractivity contribution in [3.63, 3.8) is 0 Å². The summed E-state index contributed by atoms with van der Waals surface area (Å²) in [4.78, 5) is 25.1. The Kier molecular flexibility index (Phi) is 6.01. The largest absolute Gasteiger partial charge is 0.349 e. The molecular weight excluding hydrogens is 386 g/mol. The van der Waals surface area contributed by atoms with Crippen molar-refractivity contribution in [2.24, 2.45) is 0 Å². The van der Waals surface area contributed by atoms with Gasteiger partial charge in [-0.1, -0.05) is 11.2 Å². The summed E-state index contributed by atoms with van der Waals surface area (Å²) < 4.78 is 5.27. The van der Waals surface area contributed by atoms with Crippen LogP contribution < -0.4 is 5.32 Å². The van der Waals surface area contributed by atoms with E-state index >= 15 is 0 Å². The number of hydrogen-bond acceptors (Lipinski definition) is 7. The van der Waals surface area contributed by atoms with Gasteiger partial charge in [-0.25, -0.2) is 0 Å². The molecule has 4 aromatic rings. The number of amides is 1. The van der Waals surface area contributed by atoms with E-state index in [9.17, 15) is 4.79 Å². The van der Waals surface area contributed by atoms with E-state index in [1.807, 2.05) is 29.6 Å². The van der Waals surface area contributed by atoms with Gasteiger partial charge < -0.3 is 9.84 Å². The zero-order valence-electron chi connectivity index (χ0n) is 15.6. The van der Waals surface area contributed by atoms with E-state index in [-0.39, 0.29) is 18.4 Å². The Balaban J connectivity index is 1.37. The van der Waals surface area contributed by atoms with E-state index in [0.29, 0.717) is 24.6 Å². The van der Waals surface area contributed by atoms with Crippen LogP contribution in [0.3, 0.4) is 0 Å². The molecule has 0 unspecified atom stereocenters. The normalized spacial score (nSPS) is 11.9. The average molecular weight is 405 g/mol. The Labute approximate surface area is 171 Å². The molecule has 0 radical (unpaired) electrons. The maximum Gasteiger partial charge on any atom is 0.227 e. The molecule has 7 nitrogen and oxygen atoms in total. The second-order valence-corrected chi connectivity index (χ2v) is 7.28. The predicted octanol–water partition coefficient (Wildman–Crippen LogP) is 3.62. The van der Waals surface area contributed by atoms with Crippen molar-refractivity contribution in [3.05, 3.63) is 82.9 Å². The Morgan fingerprint density at radius 2 is 2.00 bits per heavy atom. The van der Waals surface area contributed by atoms with Crippen molar-refractivity contribution >= 4 is 17.2 Å². The van der Waals surface area contributed by atoms with Gasteiger partial charge in [0.15, 0.2) is 0 Å². The lowest BCUT2D eigenvalue weighted by molar-refractivity contribution is -0.121. The van der Waals surface area contributed by atoms with Gasteiger partial charge in [-0.2, -0.15) is 16.3 Å². The first-order chi connectivity index (χ1) is 14.3. The third kappa shape index (κ3) is 5.11. The molecular formula is C21H19N5O2S. The zero-order valence-corrected chi connectivity index (χ0v) is 16.4. The van der Waals surface area contributed by atoms with E-state index in [2.05, 4.69) is 36.9 Å². The Morgan fingerprint density at radius 3 is 2.72 bits per heavy atom. The van der Waals surface area contributed by atoms with Crippen LogP contribution in [0.1, 0.15) is 29.5 Å². The fourth-order valence-electron chi connectivity index (χ4n) is 2.93. The minimum Gasteiger partial charge on any atom is -0.349 e. The highest BCUT2D eigenvalue weighted by Crippen LogP contribution is 2.20. The summed E-state index contributed by atoms with van der Waals surface area (Å²) in [5.41, 5.74) is 2.94. The van der Waals surface area contributed by atoms with Gasteiger partial charge in [0, 0.05) is 43.2 Å². The maximum absolute atomic E-state index is 12.6. The number of carbonyl (C=O) groups is 1. The molecule has 4 rings (SSSR count). The SMILES string of the molecule is O=C(CCc1nc(-c2cccnc2)no1)N[C@H](Cc1ccsc1)c1cccnc1. The standard InChI is InChI=1S/C21H19N5O2S/c27-19(5-6-20-25-21(26-28-20)17-4-2-9-23-13-17)24-18(11-15-7-10-29-14-15)16-3-1-8-22-12-16/h1-4,7-10,12-14,18H,5-6,11H2,(H,24,27)/t18-/m1/s1. The van der Waals surface area contributed by atoms with E-state index in [0.717, 1.165) is 11.1 Å². The summed E-state index contributed by atoms with van der Waals surface area (Å²) in [6.45, 7) is 0. The first-order valence-electron chi connectivity index (χ1n) is 9.21. The number of rotatable bonds is 8. The van der Waals surface area contributed by atoms with E-state index < -0.39 is 0 Å². The van der Waals surface area contributed by atoms with Gasteiger partial charge >= 0.3 is 0 Å². The number of carbonyl (C=O) groups excluding carboxylic acids is 1. The predicted molar refractivity (Wildman–Crippen MR) is 109 cm³/mol. The molecule has 0 saturated heterocycles. The lowest BCUT2D eigenvalue weighted by Crippen LogP contribution is -2.30. The number of aryl methyl sites for hydroxylation is 1. The quantitative estimate of drug-likeness (QED) is 0.481. The van der Waals surface area contributed by atoms with Crippen LogP contribution in [0, 0.1) is 0 Å². The first kappa shape index (κ1) is 18.9. The summed E-state index contributed by atoms with van der Waals surface area (Å²) in [6, 6.07) is 9.45. The molecule has 0 aliphatic rings. The average Bonchev–Trinajstić information content (AvgIpc) is 3.45. The van der Waals surface area contributed by atoms with Crippen LogP contribution in [0.4, 0.5) is 0 Å². The van der Waals surface area contributed by atoms with Gasteiger partial charge in [0.1, 0.15) is 0 Å². The highest BCUT2D eigenvalue weighted by atomic mass is 32.1. The number of thiophene rings is 1. The molecule has 29 heavy (non-hydrogen) atoms. The lowest BCUT2D eigenvalue weighted by atomic mass is 10.0. The lowest BCUT2D eigenvalue weighted by Gasteiger charge is -2.18. The van der Waals surface area contributed by atoms with Crippen molar-refractivity contribution in [1.82, 2.24) is 25.4 Å². The molecule has 4 aromatic heterocycles. The summed E-state index contributed by atoms with van der Waals surface area (Å²) in [5, 5.41) is 11.2. The summed E-state index contributed by atoms with van der Waals surface area (Å²) >= 11 is 1.64. The Bertz CT molecular complexity index is 1040. The molecule has 8 heteroatoms. The summed E-state index contributed by atoms with van der Waals surface area (Å²) in [7, 11) is 0. The Morgan fingerprint density at radius 1 is 1.14 bits per heavy atom. The van der Waals surface area contributed by atoms with Crippen LogP contribution in [0.5, 0.6) is 0 Å². The van der Waals surface area contributed by atoms with Gasteiger partial charge in [-0.3, -0.25) is 14.8 Å². The number of pyridine rings is 2. The highest BCUT2D eigenvalue weighted by molar-refractivity contribution is 7.07. The van der Waals surface area contributed by atoms with Crippen molar-refractivity contribution in [2.75, 3.05) is 0 Å². The third-order valence-corrected chi connectivity index (χ3v) is 5.13. The molecule has 1 atom stereocenters. The van der Waals surface area contributed by atoms with Crippen molar-refractivity contribution in [1.29, 1.82) is 0 Å². The van der Waals surface area contributed by atoms with E-state index in [1.54, 1.807) is 36.1 Å². The fraction of sp³-hybridized carbons (Fsp3) is 0.190. The second kappa shape index (κ2) is 9.20. The smallest absolute Gasteiger partial charge is 0.227 e. The van der Waals surface area contributed by atoms with Gasteiger partial charge in [-0.15, -0.1) is 0 Å². The molecule has 0 spiro atoms. The monoisotopic (exact) mass is 405 g/mol. The van der Waals surface area contributed by atoms with Crippen LogP contribution in [-0.2, 0) is 17.6 Å². The second-order valence-electron chi connectivity index (χ2n) is 6.50. The molecule has 1 N–H and O–H groups in total. The molecule has 0 aliphatic heterocycles. The van der Waals surface area contributed by atoms with Gasteiger partial charge in [0.25, 0.3) is 0 Å². The van der Waals surface area contributed by atoms with Crippen LogP contribution in [0.2, 0.25) is 0 Å². The van der Waals surface area contributed by atoms with Crippen LogP contribution in [-0.4, -0.2) is 26.0 Å². The molecule has 4 heterocycles. The van der Waals surface area contributed by atoms with Crippen LogP contribution in [0.15, 0.2) is 70.4 Å². The van der Waals surface area contributed by atoms with E-state index in [4.69, 9.17) is 4.52 Å². The number of nitrogens with zero attached hydrogens (tertiary/aromatic N) is 4. The fourth-order valence-corrected chi connectivity index (χ4v) is 3.62. The molecule has 0 bridgehead atoms. The van der Waals surface area contributed by atoms with E-state index in [1.165, 1.54) is 5.56 Å². The number of nitrogens with one attached hydrogen (secondary N) is 1. The minimum absolute atomic E-state index is 0.0739. The number of aromatic nitrogens is 4. The minimum atomic E-state index is -0.139. The van der Waals surface area contributed by atoms with Crippen LogP contribution >= 0.6 is 11.3 Å². The van der Waals surface area contributed by atoms with Crippen molar-refractivity contribution < 1.29 is 9.32 Å². The van der Waals surface area contributed by atoms with Gasteiger partial charge in [-0.05, 0) is 52.6 Å². The zero-order chi connectivity index (χ0) is 19.9. The third-order valence-electron chi connectivity index (χ3n) is 4.40. The number of hydrogen-bond donors (Lipinski definition) is 1.